The van der Waals surface area contributed by atoms with Gasteiger partial charge in [0.2, 0.25) is 5.91 Å². The van der Waals surface area contributed by atoms with E-state index in [1.54, 1.807) is 4.90 Å². The molecule has 2 amide bonds. The van der Waals surface area contributed by atoms with Gasteiger partial charge in [0, 0.05) is 32.2 Å². The molecule has 6 heteroatoms. The van der Waals surface area contributed by atoms with E-state index in [1.807, 2.05) is 27.7 Å². The first kappa shape index (κ1) is 21.0. The van der Waals surface area contributed by atoms with Crippen LogP contribution in [0, 0.1) is 5.41 Å². The van der Waals surface area contributed by atoms with Crippen LogP contribution in [0.2, 0.25) is 0 Å². The number of rotatable bonds is 5. The topological polar surface area (TPSA) is 61.9 Å². The number of nitrogens with zero attached hydrogens (tertiary/aromatic N) is 2. The normalized spacial score (nSPS) is 27.4. The Labute approximate surface area is 158 Å². The molecule has 0 radical (unpaired) electrons. The number of ether oxygens (including phenoxy) is 1. The fraction of sp³-hybridized carbons (Fsp3) is 0.900. The maximum absolute atomic E-state index is 12.7. The lowest BCUT2D eigenvalue weighted by Gasteiger charge is -2.35. The van der Waals surface area contributed by atoms with E-state index in [2.05, 4.69) is 17.1 Å². The van der Waals surface area contributed by atoms with Crippen LogP contribution in [0.1, 0.15) is 66.7 Å². The Hall–Kier alpha value is -1.30. The maximum Gasteiger partial charge on any atom is 0.410 e. The van der Waals surface area contributed by atoms with Crippen molar-refractivity contribution in [3.05, 3.63) is 0 Å². The summed E-state index contributed by atoms with van der Waals surface area (Å²) in [6.45, 7) is 13.5. The summed E-state index contributed by atoms with van der Waals surface area (Å²) in [5.74, 6) is 0.0496. The minimum absolute atomic E-state index is 0.0496. The Morgan fingerprint density at radius 3 is 2.62 bits per heavy atom. The Morgan fingerprint density at radius 2 is 1.96 bits per heavy atom. The van der Waals surface area contributed by atoms with Gasteiger partial charge in [-0.3, -0.25) is 9.69 Å². The lowest BCUT2D eigenvalue weighted by atomic mass is 9.89. The van der Waals surface area contributed by atoms with E-state index < -0.39 is 11.0 Å². The second-order valence-electron chi connectivity index (χ2n) is 9.06. The molecule has 0 aromatic carbocycles. The fourth-order valence-electron chi connectivity index (χ4n) is 3.97. The Bertz CT molecular complexity index is 503. The number of likely N-dealkylation sites (tertiary alicyclic amines) is 2. The third-order valence-corrected chi connectivity index (χ3v) is 5.58. The van der Waals surface area contributed by atoms with E-state index in [-0.39, 0.29) is 12.0 Å². The van der Waals surface area contributed by atoms with Gasteiger partial charge in [-0.2, -0.15) is 0 Å². The highest BCUT2D eigenvalue weighted by molar-refractivity contribution is 5.84. The molecule has 6 nitrogen and oxygen atoms in total. The Balaban J connectivity index is 1.79. The van der Waals surface area contributed by atoms with Gasteiger partial charge < -0.3 is 15.0 Å². The SMILES string of the molecule is CC[C@@H]1CCCCN1CCNC(=O)[C@]1(C)CCN(C(=O)OC(C)(C)C)C1. The van der Waals surface area contributed by atoms with Crippen molar-refractivity contribution in [2.24, 2.45) is 5.41 Å². The number of hydrogen-bond acceptors (Lipinski definition) is 4. The van der Waals surface area contributed by atoms with Gasteiger partial charge in [0.25, 0.3) is 0 Å². The highest BCUT2D eigenvalue weighted by atomic mass is 16.6. The number of carbonyl (C=O) groups is 2. The van der Waals surface area contributed by atoms with Crippen molar-refractivity contribution in [2.45, 2.75) is 78.4 Å². The number of hydrogen-bond donors (Lipinski definition) is 1. The molecular formula is C20H37N3O3. The summed E-state index contributed by atoms with van der Waals surface area (Å²) in [6, 6.07) is 0.658. The van der Waals surface area contributed by atoms with E-state index in [9.17, 15) is 9.59 Å². The van der Waals surface area contributed by atoms with E-state index in [4.69, 9.17) is 4.74 Å². The third kappa shape index (κ3) is 5.60. The van der Waals surface area contributed by atoms with Gasteiger partial charge in [0.15, 0.2) is 0 Å². The number of piperidine rings is 1. The zero-order valence-electron chi connectivity index (χ0n) is 17.3. The van der Waals surface area contributed by atoms with Gasteiger partial charge in [-0.15, -0.1) is 0 Å². The predicted molar refractivity (Wildman–Crippen MR) is 103 cm³/mol. The number of carbonyl (C=O) groups excluding carboxylic acids is 2. The van der Waals surface area contributed by atoms with E-state index in [0.717, 1.165) is 13.1 Å². The van der Waals surface area contributed by atoms with Crippen molar-refractivity contribution >= 4 is 12.0 Å². The molecule has 0 aliphatic carbocycles. The minimum atomic E-state index is -0.525. The zero-order valence-corrected chi connectivity index (χ0v) is 17.3. The van der Waals surface area contributed by atoms with E-state index >= 15 is 0 Å². The molecule has 2 fully saturated rings. The van der Waals surface area contributed by atoms with Crippen molar-refractivity contribution in [3.8, 4) is 0 Å². The van der Waals surface area contributed by atoms with Crippen molar-refractivity contribution in [2.75, 3.05) is 32.7 Å². The van der Waals surface area contributed by atoms with Crippen LogP contribution < -0.4 is 5.32 Å². The van der Waals surface area contributed by atoms with Crippen LogP contribution in [0.15, 0.2) is 0 Å². The standard InChI is InChI=1S/C20H37N3O3/c1-6-16-9-7-8-12-22(16)14-11-21-17(24)20(5)10-13-23(15-20)18(25)26-19(2,3)4/h16H,6-15H2,1-5H3,(H,21,24)/t16-,20-/m1/s1. The van der Waals surface area contributed by atoms with Crippen molar-refractivity contribution < 1.29 is 14.3 Å². The molecule has 1 N–H and O–H groups in total. The molecule has 0 bridgehead atoms. The molecule has 0 aromatic rings. The van der Waals surface area contributed by atoms with E-state index in [0.29, 0.717) is 32.1 Å². The van der Waals surface area contributed by atoms with Gasteiger partial charge in [-0.25, -0.2) is 4.79 Å². The molecule has 0 aromatic heterocycles. The van der Waals surface area contributed by atoms with Crippen LogP contribution in [-0.2, 0) is 9.53 Å². The third-order valence-electron chi connectivity index (χ3n) is 5.58. The van der Waals surface area contributed by atoms with Crippen LogP contribution >= 0.6 is 0 Å². The molecule has 2 aliphatic heterocycles. The maximum atomic E-state index is 12.7. The largest absolute Gasteiger partial charge is 0.444 e. The lowest BCUT2D eigenvalue weighted by Crippen LogP contribution is -2.47. The van der Waals surface area contributed by atoms with Gasteiger partial charge in [0.1, 0.15) is 5.60 Å². The Morgan fingerprint density at radius 1 is 1.23 bits per heavy atom. The molecule has 150 valence electrons. The summed E-state index contributed by atoms with van der Waals surface area (Å²) >= 11 is 0. The van der Waals surface area contributed by atoms with E-state index in [1.165, 1.54) is 25.7 Å². The van der Waals surface area contributed by atoms with Crippen LogP contribution in [0.3, 0.4) is 0 Å². The summed E-state index contributed by atoms with van der Waals surface area (Å²) in [5, 5.41) is 3.11. The first-order valence-corrected chi connectivity index (χ1v) is 10.1. The first-order chi connectivity index (χ1) is 12.1. The second kappa shape index (κ2) is 8.59. The minimum Gasteiger partial charge on any atom is -0.444 e. The van der Waals surface area contributed by atoms with Crippen LogP contribution in [0.5, 0.6) is 0 Å². The molecule has 2 rings (SSSR count). The fourth-order valence-corrected chi connectivity index (χ4v) is 3.97. The van der Waals surface area contributed by atoms with Crippen molar-refractivity contribution in [3.63, 3.8) is 0 Å². The van der Waals surface area contributed by atoms with Gasteiger partial charge >= 0.3 is 6.09 Å². The van der Waals surface area contributed by atoms with Gasteiger partial charge in [-0.05, 0) is 59.9 Å². The van der Waals surface area contributed by atoms with Crippen LogP contribution in [0.25, 0.3) is 0 Å². The highest BCUT2D eigenvalue weighted by Gasteiger charge is 2.43. The smallest absolute Gasteiger partial charge is 0.410 e. The van der Waals surface area contributed by atoms with Crippen LogP contribution in [-0.4, -0.2) is 66.2 Å². The molecule has 2 atom stereocenters. The summed E-state index contributed by atoms with van der Waals surface area (Å²) in [6.07, 6.45) is 5.38. The average molecular weight is 368 g/mol. The summed E-state index contributed by atoms with van der Waals surface area (Å²) < 4.78 is 5.43. The Kier molecular flexibility index (Phi) is 6.94. The van der Waals surface area contributed by atoms with Crippen molar-refractivity contribution in [1.29, 1.82) is 0 Å². The molecule has 26 heavy (non-hydrogen) atoms. The van der Waals surface area contributed by atoms with Crippen molar-refractivity contribution in [1.82, 2.24) is 15.1 Å². The van der Waals surface area contributed by atoms with Gasteiger partial charge in [0.05, 0.1) is 5.41 Å². The molecule has 2 heterocycles. The summed E-state index contributed by atoms with van der Waals surface area (Å²) in [7, 11) is 0. The zero-order chi connectivity index (χ0) is 19.4. The molecule has 0 saturated carbocycles. The molecular weight excluding hydrogens is 330 g/mol. The van der Waals surface area contributed by atoms with Crippen LogP contribution in [0.4, 0.5) is 4.79 Å². The average Bonchev–Trinajstić information content (AvgIpc) is 2.97. The summed E-state index contributed by atoms with van der Waals surface area (Å²) in [5.41, 5.74) is -1.04. The lowest BCUT2D eigenvalue weighted by molar-refractivity contribution is -0.129. The molecule has 0 unspecified atom stereocenters. The molecule has 2 saturated heterocycles. The van der Waals surface area contributed by atoms with Gasteiger partial charge in [-0.1, -0.05) is 13.3 Å². The summed E-state index contributed by atoms with van der Waals surface area (Å²) in [4.78, 5) is 29.1. The number of amides is 2. The quantitative estimate of drug-likeness (QED) is 0.811. The second-order valence-corrected chi connectivity index (χ2v) is 9.06. The highest BCUT2D eigenvalue weighted by Crippen LogP contribution is 2.31. The molecule has 0 spiro atoms. The number of nitrogens with one attached hydrogen (secondary N) is 1. The predicted octanol–water partition coefficient (Wildman–Crippen LogP) is 3.01. The monoisotopic (exact) mass is 367 g/mol. The molecule has 2 aliphatic rings. The first-order valence-electron chi connectivity index (χ1n) is 10.1.